The van der Waals surface area contributed by atoms with Gasteiger partial charge in [-0.25, -0.2) is 9.59 Å². The molecule has 1 saturated carbocycles. The number of hydrogen-bond acceptors (Lipinski definition) is 3. The fraction of sp³-hybridized carbons (Fsp3) is 0.846. The van der Waals surface area contributed by atoms with Crippen molar-refractivity contribution in [2.45, 2.75) is 50.7 Å². The Hall–Kier alpha value is -1.30. The molecule has 6 heteroatoms. The summed E-state index contributed by atoms with van der Waals surface area (Å²) in [4.78, 5) is 24.3. The molecule has 2 N–H and O–H groups in total. The maximum atomic E-state index is 12.1. The van der Waals surface area contributed by atoms with Crippen molar-refractivity contribution in [3.63, 3.8) is 0 Å². The highest BCUT2D eigenvalue weighted by molar-refractivity contribution is 5.75. The second-order valence-electron chi connectivity index (χ2n) is 5.74. The van der Waals surface area contributed by atoms with E-state index >= 15 is 0 Å². The lowest BCUT2D eigenvalue weighted by Crippen LogP contribution is -2.56. The van der Waals surface area contributed by atoms with Crippen LogP contribution in [-0.4, -0.2) is 53.3 Å². The van der Waals surface area contributed by atoms with E-state index in [-0.39, 0.29) is 24.3 Å². The summed E-state index contributed by atoms with van der Waals surface area (Å²) in [5.41, 5.74) is -0.0201. The van der Waals surface area contributed by atoms with Crippen molar-refractivity contribution in [3.8, 4) is 0 Å². The summed E-state index contributed by atoms with van der Waals surface area (Å²) in [6, 6.07) is -0.00103. The van der Waals surface area contributed by atoms with Gasteiger partial charge in [-0.3, -0.25) is 0 Å². The van der Waals surface area contributed by atoms with E-state index in [0.29, 0.717) is 25.9 Å². The SMILES string of the molecule is CC1(NC(=O)N2CCC(OCC(=O)O)CC2)CCC1. The first-order valence-corrected chi connectivity index (χ1v) is 6.89. The number of carboxylic acids is 1. The van der Waals surface area contributed by atoms with Crippen LogP contribution in [0.25, 0.3) is 0 Å². The van der Waals surface area contributed by atoms with Gasteiger partial charge >= 0.3 is 12.0 Å². The zero-order valence-electron chi connectivity index (χ0n) is 11.4. The quantitative estimate of drug-likeness (QED) is 0.804. The van der Waals surface area contributed by atoms with Gasteiger partial charge in [0.2, 0.25) is 0 Å². The molecule has 2 amide bonds. The topological polar surface area (TPSA) is 78.9 Å². The van der Waals surface area contributed by atoms with E-state index in [9.17, 15) is 9.59 Å². The molecule has 0 atom stereocenters. The molecule has 0 bridgehead atoms. The monoisotopic (exact) mass is 270 g/mol. The molecule has 19 heavy (non-hydrogen) atoms. The molecular formula is C13H22N2O4. The van der Waals surface area contributed by atoms with Crippen molar-refractivity contribution in [1.29, 1.82) is 0 Å². The van der Waals surface area contributed by atoms with Crippen LogP contribution in [0.5, 0.6) is 0 Å². The van der Waals surface area contributed by atoms with Crippen LogP contribution in [0.3, 0.4) is 0 Å². The van der Waals surface area contributed by atoms with Gasteiger partial charge in [-0.2, -0.15) is 0 Å². The van der Waals surface area contributed by atoms with Crippen LogP contribution in [-0.2, 0) is 9.53 Å². The van der Waals surface area contributed by atoms with E-state index in [1.165, 1.54) is 6.42 Å². The number of urea groups is 1. The number of carbonyl (C=O) groups is 2. The Balaban J connectivity index is 1.70. The van der Waals surface area contributed by atoms with Crippen molar-refractivity contribution in [2.24, 2.45) is 0 Å². The van der Waals surface area contributed by atoms with Crippen LogP contribution in [0.4, 0.5) is 4.79 Å². The van der Waals surface area contributed by atoms with Crippen LogP contribution in [0.1, 0.15) is 39.0 Å². The molecule has 2 aliphatic rings. The number of piperidine rings is 1. The standard InChI is InChI=1S/C13H22N2O4/c1-13(5-2-6-13)14-12(18)15-7-3-10(4-8-15)19-9-11(16)17/h10H,2-9H2,1H3,(H,14,18)(H,16,17). The third kappa shape index (κ3) is 3.83. The Morgan fingerprint density at radius 2 is 2.00 bits per heavy atom. The van der Waals surface area contributed by atoms with Gasteiger partial charge < -0.3 is 20.1 Å². The molecule has 0 aromatic heterocycles. The van der Waals surface area contributed by atoms with E-state index in [1.807, 2.05) is 0 Å². The molecule has 1 aliphatic carbocycles. The molecule has 6 nitrogen and oxygen atoms in total. The summed E-state index contributed by atoms with van der Waals surface area (Å²) in [6.07, 6.45) is 4.66. The highest BCUT2D eigenvalue weighted by Gasteiger charge is 2.35. The molecule has 1 saturated heterocycles. The third-order valence-electron chi connectivity index (χ3n) is 4.04. The molecule has 2 fully saturated rings. The minimum absolute atomic E-state index is 0.00103. The number of amides is 2. The number of nitrogens with zero attached hydrogens (tertiary/aromatic N) is 1. The lowest BCUT2D eigenvalue weighted by Gasteiger charge is -2.41. The van der Waals surface area contributed by atoms with Gasteiger partial charge in [0.15, 0.2) is 0 Å². The molecule has 2 rings (SSSR count). The van der Waals surface area contributed by atoms with Gasteiger partial charge in [-0.1, -0.05) is 0 Å². The van der Waals surface area contributed by atoms with Gasteiger partial charge in [-0.15, -0.1) is 0 Å². The van der Waals surface area contributed by atoms with Crippen LogP contribution in [0, 0.1) is 0 Å². The Morgan fingerprint density at radius 1 is 1.37 bits per heavy atom. The summed E-state index contributed by atoms with van der Waals surface area (Å²) in [6.45, 7) is 3.09. The predicted octanol–water partition coefficient (Wildman–Crippen LogP) is 1.20. The van der Waals surface area contributed by atoms with Crippen LogP contribution in [0.2, 0.25) is 0 Å². The Morgan fingerprint density at radius 3 is 2.47 bits per heavy atom. The van der Waals surface area contributed by atoms with Crippen molar-refractivity contribution >= 4 is 12.0 Å². The molecule has 0 aromatic rings. The maximum absolute atomic E-state index is 12.1. The number of nitrogens with one attached hydrogen (secondary N) is 1. The second kappa shape index (κ2) is 5.77. The molecule has 0 radical (unpaired) electrons. The first-order valence-electron chi connectivity index (χ1n) is 6.89. The number of carbonyl (C=O) groups excluding carboxylic acids is 1. The van der Waals surface area contributed by atoms with Crippen LogP contribution < -0.4 is 5.32 Å². The van der Waals surface area contributed by atoms with Gasteiger partial charge in [-0.05, 0) is 39.0 Å². The molecule has 0 aromatic carbocycles. The summed E-state index contributed by atoms with van der Waals surface area (Å²) < 4.78 is 5.25. The summed E-state index contributed by atoms with van der Waals surface area (Å²) in [7, 11) is 0. The average Bonchev–Trinajstić information content (AvgIpc) is 2.35. The number of hydrogen-bond donors (Lipinski definition) is 2. The van der Waals surface area contributed by atoms with Gasteiger partial charge in [0, 0.05) is 18.6 Å². The lowest BCUT2D eigenvalue weighted by atomic mass is 9.79. The van der Waals surface area contributed by atoms with Crippen LogP contribution in [0.15, 0.2) is 0 Å². The molecular weight excluding hydrogens is 248 g/mol. The predicted molar refractivity (Wildman–Crippen MR) is 69.0 cm³/mol. The minimum Gasteiger partial charge on any atom is -0.480 e. The number of carboxylic acid groups (broad SMARTS) is 1. The zero-order chi connectivity index (χ0) is 13.9. The molecule has 0 unspecified atom stereocenters. The van der Waals surface area contributed by atoms with Crippen molar-refractivity contribution in [2.75, 3.05) is 19.7 Å². The Labute approximate surface area is 113 Å². The van der Waals surface area contributed by atoms with Crippen molar-refractivity contribution in [1.82, 2.24) is 10.2 Å². The summed E-state index contributed by atoms with van der Waals surface area (Å²) >= 11 is 0. The largest absolute Gasteiger partial charge is 0.480 e. The number of likely N-dealkylation sites (tertiary alicyclic amines) is 1. The van der Waals surface area contributed by atoms with Gasteiger partial charge in [0.05, 0.1) is 6.10 Å². The first-order chi connectivity index (χ1) is 8.98. The summed E-state index contributed by atoms with van der Waals surface area (Å²) in [5, 5.41) is 11.6. The fourth-order valence-electron chi connectivity index (χ4n) is 2.58. The highest BCUT2D eigenvalue weighted by atomic mass is 16.5. The lowest BCUT2D eigenvalue weighted by molar-refractivity contribution is -0.145. The van der Waals surface area contributed by atoms with E-state index in [0.717, 1.165) is 12.8 Å². The van der Waals surface area contributed by atoms with Crippen molar-refractivity contribution in [3.05, 3.63) is 0 Å². The number of ether oxygens (including phenoxy) is 1. The number of rotatable bonds is 4. The molecule has 1 heterocycles. The molecule has 108 valence electrons. The smallest absolute Gasteiger partial charge is 0.329 e. The molecule has 0 spiro atoms. The maximum Gasteiger partial charge on any atom is 0.329 e. The van der Waals surface area contributed by atoms with Crippen molar-refractivity contribution < 1.29 is 19.4 Å². The van der Waals surface area contributed by atoms with E-state index < -0.39 is 5.97 Å². The summed E-state index contributed by atoms with van der Waals surface area (Å²) in [5.74, 6) is -0.946. The van der Waals surface area contributed by atoms with E-state index in [1.54, 1.807) is 4.90 Å². The number of aliphatic carboxylic acids is 1. The average molecular weight is 270 g/mol. The van der Waals surface area contributed by atoms with Gasteiger partial charge in [0.1, 0.15) is 6.61 Å². The van der Waals surface area contributed by atoms with E-state index in [2.05, 4.69) is 12.2 Å². The second-order valence-corrected chi connectivity index (χ2v) is 5.74. The highest BCUT2D eigenvalue weighted by Crippen LogP contribution is 2.31. The van der Waals surface area contributed by atoms with Crippen LogP contribution >= 0.6 is 0 Å². The van der Waals surface area contributed by atoms with Gasteiger partial charge in [0.25, 0.3) is 0 Å². The normalized spacial score (nSPS) is 22.7. The third-order valence-corrected chi connectivity index (χ3v) is 4.04. The van der Waals surface area contributed by atoms with E-state index in [4.69, 9.17) is 9.84 Å². The fourth-order valence-corrected chi connectivity index (χ4v) is 2.58. The minimum atomic E-state index is -0.946. The first kappa shape index (κ1) is 14.1. The zero-order valence-corrected chi connectivity index (χ0v) is 11.4. The molecule has 1 aliphatic heterocycles. The Kier molecular flexibility index (Phi) is 4.29. The Bertz CT molecular complexity index is 347.